The van der Waals surface area contributed by atoms with Crippen molar-refractivity contribution in [3.63, 3.8) is 0 Å². The summed E-state index contributed by atoms with van der Waals surface area (Å²) in [6, 6.07) is 12.1. The molecule has 0 saturated carbocycles. The summed E-state index contributed by atoms with van der Waals surface area (Å²) in [5, 5.41) is 0. The Morgan fingerprint density at radius 1 is 1.07 bits per heavy atom. The summed E-state index contributed by atoms with van der Waals surface area (Å²) in [6.07, 6.45) is 6.38. The monoisotopic (exact) mass is 379 g/mol. The number of carbonyl (C=O) groups excluding carboxylic acids is 2. The lowest BCUT2D eigenvalue weighted by Crippen LogP contribution is -2.43. The average Bonchev–Trinajstić information content (AvgIpc) is 3.15. The van der Waals surface area contributed by atoms with E-state index in [9.17, 15) is 9.59 Å². The zero-order chi connectivity index (χ0) is 20.1. The highest BCUT2D eigenvalue weighted by atomic mass is 16.2. The number of carbonyl (C=O) groups is 2. The summed E-state index contributed by atoms with van der Waals surface area (Å²) in [5.74, 6) is -0.130. The number of hydrogen-bond donors (Lipinski definition) is 1. The highest BCUT2D eigenvalue weighted by molar-refractivity contribution is 5.85. The standard InChI is InChI=1S/C23H29N3O2/c1-3-18(4-2)21(27)26-14-11-23(16-26,22(24)28)15-17-5-7-19(8-6-17)20-9-12-25-13-10-20/h5-10,12-13,18H,3-4,11,14-16H2,1-2H3,(H2,24,28)/t23-/m0/s1. The fraction of sp³-hybridized carbons (Fsp3) is 0.435. The molecule has 2 N–H and O–H groups in total. The van der Waals surface area contributed by atoms with Crippen LogP contribution in [0.2, 0.25) is 0 Å². The second-order valence-electron chi connectivity index (χ2n) is 7.78. The van der Waals surface area contributed by atoms with Crippen LogP contribution in [0.25, 0.3) is 11.1 Å². The van der Waals surface area contributed by atoms with Crippen LogP contribution in [-0.2, 0) is 16.0 Å². The molecule has 2 aromatic rings. The van der Waals surface area contributed by atoms with Crippen LogP contribution in [0.5, 0.6) is 0 Å². The lowest BCUT2D eigenvalue weighted by Gasteiger charge is -2.27. The molecule has 0 bridgehead atoms. The third-order valence-electron chi connectivity index (χ3n) is 6.03. The first-order chi connectivity index (χ1) is 13.5. The summed E-state index contributed by atoms with van der Waals surface area (Å²) < 4.78 is 0. The smallest absolute Gasteiger partial charge is 0.225 e. The van der Waals surface area contributed by atoms with Gasteiger partial charge in [-0.05, 0) is 54.5 Å². The molecule has 0 aliphatic carbocycles. The number of aromatic nitrogens is 1. The van der Waals surface area contributed by atoms with Crippen molar-refractivity contribution in [3.8, 4) is 11.1 Å². The van der Waals surface area contributed by atoms with Crippen molar-refractivity contribution >= 4 is 11.8 Å². The molecule has 1 fully saturated rings. The van der Waals surface area contributed by atoms with Crippen molar-refractivity contribution in [1.82, 2.24) is 9.88 Å². The largest absolute Gasteiger partial charge is 0.369 e. The van der Waals surface area contributed by atoms with Gasteiger partial charge in [-0.2, -0.15) is 0 Å². The van der Waals surface area contributed by atoms with E-state index in [2.05, 4.69) is 17.1 Å². The van der Waals surface area contributed by atoms with E-state index in [1.165, 1.54) is 0 Å². The van der Waals surface area contributed by atoms with Crippen molar-refractivity contribution in [2.24, 2.45) is 17.1 Å². The minimum absolute atomic E-state index is 0.0309. The molecule has 5 heteroatoms. The Morgan fingerprint density at radius 3 is 2.25 bits per heavy atom. The number of benzene rings is 1. The molecule has 0 radical (unpaired) electrons. The summed E-state index contributed by atoms with van der Waals surface area (Å²) in [5.41, 5.74) is 8.42. The van der Waals surface area contributed by atoms with Gasteiger partial charge in [-0.3, -0.25) is 14.6 Å². The van der Waals surface area contributed by atoms with Crippen LogP contribution in [0, 0.1) is 11.3 Å². The van der Waals surface area contributed by atoms with Crippen LogP contribution in [0.15, 0.2) is 48.8 Å². The molecule has 5 nitrogen and oxygen atoms in total. The van der Waals surface area contributed by atoms with Gasteiger partial charge in [0.2, 0.25) is 11.8 Å². The molecule has 1 aliphatic heterocycles. The maximum absolute atomic E-state index is 12.7. The Balaban J connectivity index is 1.75. The molecular weight excluding hydrogens is 350 g/mol. The topological polar surface area (TPSA) is 76.3 Å². The van der Waals surface area contributed by atoms with Crippen LogP contribution in [0.4, 0.5) is 0 Å². The molecule has 2 heterocycles. The van der Waals surface area contributed by atoms with Crippen LogP contribution in [0.1, 0.15) is 38.7 Å². The molecule has 1 saturated heterocycles. The Morgan fingerprint density at radius 2 is 1.68 bits per heavy atom. The number of pyridine rings is 1. The number of amides is 2. The quantitative estimate of drug-likeness (QED) is 0.801. The van der Waals surface area contributed by atoms with Crippen molar-refractivity contribution in [3.05, 3.63) is 54.4 Å². The summed E-state index contributed by atoms with van der Waals surface area (Å²) in [7, 11) is 0. The molecule has 3 rings (SSSR count). The highest BCUT2D eigenvalue weighted by Crippen LogP contribution is 2.35. The van der Waals surface area contributed by atoms with Crippen LogP contribution >= 0.6 is 0 Å². The zero-order valence-electron chi connectivity index (χ0n) is 16.7. The SMILES string of the molecule is CCC(CC)C(=O)N1CC[C@@](Cc2ccc(-c3ccncc3)cc2)(C(N)=O)C1. The van der Waals surface area contributed by atoms with Gasteiger partial charge >= 0.3 is 0 Å². The Bertz CT molecular complexity index is 816. The van der Waals surface area contributed by atoms with Gasteiger partial charge in [-0.1, -0.05) is 38.1 Å². The first kappa shape index (κ1) is 20.1. The van der Waals surface area contributed by atoms with E-state index in [1.54, 1.807) is 12.4 Å². The molecule has 1 aromatic heterocycles. The third kappa shape index (κ3) is 4.08. The first-order valence-corrected chi connectivity index (χ1v) is 10.1. The lowest BCUT2D eigenvalue weighted by atomic mass is 9.80. The summed E-state index contributed by atoms with van der Waals surface area (Å²) >= 11 is 0. The fourth-order valence-electron chi connectivity index (χ4n) is 4.14. The molecule has 0 spiro atoms. The molecule has 28 heavy (non-hydrogen) atoms. The van der Waals surface area contributed by atoms with Gasteiger partial charge in [-0.15, -0.1) is 0 Å². The van der Waals surface area contributed by atoms with E-state index in [1.807, 2.05) is 43.0 Å². The highest BCUT2D eigenvalue weighted by Gasteiger charge is 2.45. The third-order valence-corrected chi connectivity index (χ3v) is 6.03. The molecule has 148 valence electrons. The zero-order valence-corrected chi connectivity index (χ0v) is 16.7. The predicted molar refractivity (Wildman–Crippen MR) is 110 cm³/mol. The van der Waals surface area contributed by atoms with E-state index in [-0.39, 0.29) is 17.7 Å². The van der Waals surface area contributed by atoms with E-state index in [0.29, 0.717) is 25.9 Å². The minimum atomic E-state index is -0.681. The number of nitrogens with zero attached hydrogens (tertiary/aromatic N) is 2. The average molecular weight is 380 g/mol. The molecular formula is C23H29N3O2. The van der Waals surface area contributed by atoms with Gasteiger partial charge in [0, 0.05) is 31.4 Å². The van der Waals surface area contributed by atoms with Crippen LogP contribution in [0.3, 0.4) is 0 Å². The Kier molecular flexibility index (Phi) is 6.12. The minimum Gasteiger partial charge on any atom is -0.369 e. The summed E-state index contributed by atoms with van der Waals surface area (Å²) in [4.78, 5) is 31.0. The van der Waals surface area contributed by atoms with Crippen molar-refractivity contribution in [2.75, 3.05) is 13.1 Å². The number of rotatable bonds is 7. The Labute approximate surface area is 167 Å². The van der Waals surface area contributed by atoms with Crippen molar-refractivity contribution in [1.29, 1.82) is 0 Å². The van der Waals surface area contributed by atoms with Gasteiger partial charge in [0.1, 0.15) is 0 Å². The first-order valence-electron chi connectivity index (χ1n) is 10.1. The second-order valence-corrected chi connectivity index (χ2v) is 7.78. The number of primary amides is 1. The molecule has 0 unspecified atom stereocenters. The van der Waals surface area contributed by atoms with E-state index in [0.717, 1.165) is 29.5 Å². The predicted octanol–water partition coefficient (Wildman–Crippen LogP) is 3.43. The van der Waals surface area contributed by atoms with Gasteiger partial charge in [0.15, 0.2) is 0 Å². The number of likely N-dealkylation sites (tertiary alicyclic amines) is 1. The maximum atomic E-state index is 12.7. The maximum Gasteiger partial charge on any atom is 0.225 e. The van der Waals surface area contributed by atoms with Gasteiger partial charge in [0.25, 0.3) is 0 Å². The molecule has 1 atom stereocenters. The van der Waals surface area contributed by atoms with Gasteiger partial charge in [0.05, 0.1) is 5.41 Å². The normalized spacial score (nSPS) is 19.2. The number of hydrogen-bond acceptors (Lipinski definition) is 3. The van der Waals surface area contributed by atoms with Crippen LogP contribution < -0.4 is 5.73 Å². The molecule has 2 amide bonds. The van der Waals surface area contributed by atoms with Crippen LogP contribution in [-0.4, -0.2) is 34.8 Å². The van der Waals surface area contributed by atoms with E-state index in [4.69, 9.17) is 5.73 Å². The lowest BCUT2D eigenvalue weighted by molar-refractivity contribution is -0.135. The van der Waals surface area contributed by atoms with Gasteiger partial charge in [-0.25, -0.2) is 0 Å². The second kappa shape index (κ2) is 8.55. The van der Waals surface area contributed by atoms with E-state index >= 15 is 0 Å². The Hall–Kier alpha value is -2.69. The molecule has 1 aromatic carbocycles. The molecule has 1 aliphatic rings. The fourth-order valence-corrected chi connectivity index (χ4v) is 4.14. The van der Waals surface area contributed by atoms with Crippen molar-refractivity contribution in [2.45, 2.75) is 39.5 Å². The number of nitrogens with two attached hydrogens (primary N) is 1. The summed E-state index contributed by atoms with van der Waals surface area (Å²) in [6.45, 7) is 5.10. The van der Waals surface area contributed by atoms with Gasteiger partial charge < -0.3 is 10.6 Å². The van der Waals surface area contributed by atoms with E-state index < -0.39 is 5.41 Å². The van der Waals surface area contributed by atoms with Crippen molar-refractivity contribution < 1.29 is 9.59 Å².